The molecule has 1 fully saturated rings. The molecule has 0 saturated carbocycles. The van der Waals surface area contributed by atoms with Crippen LogP contribution in [-0.4, -0.2) is 38.1 Å². The molecule has 4 rings (SSSR count). The van der Waals surface area contributed by atoms with Gasteiger partial charge in [-0.15, -0.1) is 0 Å². The molecule has 2 aliphatic heterocycles. The van der Waals surface area contributed by atoms with Crippen molar-refractivity contribution in [2.45, 2.75) is 28.2 Å². The Kier molecular flexibility index (Phi) is 3.82. The number of likely N-dealkylation sites (N-methyl/N-ethyl adjacent to an activating group) is 2. The molecule has 2 aliphatic rings. The molecule has 4 heteroatoms. The number of hydrogen-bond acceptors (Lipinski definition) is 3. The van der Waals surface area contributed by atoms with Crippen molar-refractivity contribution in [3.8, 4) is 0 Å². The lowest BCUT2D eigenvalue weighted by Gasteiger charge is -2.35. The molecule has 120 valence electrons. The largest absolute Gasteiger partial charge is 0.370 e. The van der Waals surface area contributed by atoms with Crippen LogP contribution in [0.4, 0.5) is 10.1 Å². The van der Waals surface area contributed by atoms with Gasteiger partial charge in [0, 0.05) is 35.3 Å². The average Bonchev–Trinajstić information content (AvgIpc) is 2.83. The fourth-order valence-corrected chi connectivity index (χ4v) is 5.00. The molecule has 2 aromatic carbocycles. The van der Waals surface area contributed by atoms with Crippen molar-refractivity contribution >= 4 is 17.4 Å². The second kappa shape index (κ2) is 5.84. The van der Waals surface area contributed by atoms with Crippen LogP contribution in [0.5, 0.6) is 0 Å². The lowest BCUT2D eigenvalue weighted by Crippen LogP contribution is -2.43. The van der Waals surface area contributed by atoms with Crippen LogP contribution in [0.25, 0.3) is 0 Å². The van der Waals surface area contributed by atoms with Crippen molar-refractivity contribution in [2.75, 3.05) is 32.1 Å². The number of benzene rings is 2. The van der Waals surface area contributed by atoms with E-state index in [9.17, 15) is 4.39 Å². The molecule has 1 saturated heterocycles. The molecule has 2 nitrogen and oxygen atoms in total. The van der Waals surface area contributed by atoms with Gasteiger partial charge in [-0.05, 0) is 55.9 Å². The quantitative estimate of drug-likeness (QED) is 0.815. The third-order valence-electron chi connectivity index (χ3n) is 5.10. The van der Waals surface area contributed by atoms with E-state index in [4.69, 9.17) is 0 Å². The third-order valence-corrected chi connectivity index (χ3v) is 6.16. The van der Waals surface area contributed by atoms with Gasteiger partial charge < -0.3 is 9.80 Å². The van der Waals surface area contributed by atoms with Crippen LogP contribution < -0.4 is 4.90 Å². The highest BCUT2D eigenvalue weighted by Crippen LogP contribution is 2.49. The Labute approximate surface area is 141 Å². The normalized spacial score (nSPS) is 23.7. The summed E-state index contributed by atoms with van der Waals surface area (Å²) < 4.78 is 13.1. The first-order chi connectivity index (χ1) is 11.1. The van der Waals surface area contributed by atoms with Crippen LogP contribution in [0.1, 0.15) is 17.9 Å². The fraction of sp³-hybridized carbons (Fsp3) is 0.368. The highest BCUT2D eigenvalue weighted by atomic mass is 32.2. The Morgan fingerprint density at radius 2 is 1.87 bits per heavy atom. The highest BCUT2D eigenvalue weighted by molar-refractivity contribution is 7.99. The van der Waals surface area contributed by atoms with Crippen LogP contribution in [0.3, 0.4) is 0 Å². The first-order valence-corrected chi connectivity index (χ1v) is 8.93. The number of halogens is 1. The summed E-state index contributed by atoms with van der Waals surface area (Å²) in [4.78, 5) is 7.26. The Hall–Kier alpha value is -1.52. The molecule has 0 amide bonds. The van der Waals surface area contributed by atoms with Gasteiger partial charge >= 0.3 is 0 Å². The summed E-state index contributed by atoms with van der Waals surface area (Å²) >= 11 is 1.73. The minimum absolute atomic E-state index is 0.182. The zero-order chi connectivity index (χ0) is 16.0. The van der Waals surface area contributed by atoms with E-state index in [0.29, 0.717) is 12.0 Å². The standard InChI is InChI=1S/C19H21FN2S/c1-21-11-10-17-16(12-21)15-4-3-5-18(19(15)22(17)2)23-14-8-6-13(20)7-9-14/h3-9,16-17H,10-12H2,1-2H3/t16-,17+/m1/s1. The molecule has 0 N–H and O–H groups in total. The number of nitrogens with zero attached hydrogens (tertiary/aromatic N) is 2. The van der Waals surface area contributed by atoms with Crippen molar-refractivity contribution in [3.05, 3.63) is 53.8 Å². The predicted molar refractivity (Wildman–Crippen MR) is 94.0 cm³/mol. The van der Waals surface area contributed by atoms with Crippen molar-refractivity contribution in [3.63, 3.8) is 0 Å². The maximum Gasteiger partial charge on any atom is 0.123 e. The van der Waals surface area contributed by atoms with Gasteiger partial charge in [0.25, 0.3) is 0 Å². The van der Waals surface area contributed by atoms with Crippen LogP contribution in [0.15, 0.2) is 52.3 Å². The summed E-state index contributed by atoms with van der Waals surface area (Å²) in [6, 6.07) is 14.0. The number of fused-ring (bicyclic) bond motifs is 3. The van der Waals surface area contributed by atoms with Crippen molar-refractivity contribution in [2.24, 2.45) is 0 Å². The Morgan fingerprint density at radius 3 is 2.65 bits per heavy atom. The molecule has 0 spiro atoms. The number of likely N-dealkylation sites (tertiary alicyclic amines) is 1. The van der Waals surface area contributed by atoms with Gasteiger partial charge in [-0.1, -0.05) is 23.9 Å². The van der Waals surface area contributed by atoms with Crippen molar-refractivity contribution < 1.29 is 4.39 Å². The summed E-state index contributed by atoms with van der Waals surface area (Å²) in [5.74, 6) is 0.418. The molecule has 0 radical (unpaired) electrons. The topological polar surface area (TPSA) is 6.48 Å². The summed E-state index contributed by atoms with van der Waals surface area (Å²) in [6.07, 6.45) is 1.22. The maximum absolute atomic E-state index is 13.1. The van der Waals surface area contributed by atoms with Crippen LogP contribution in [-0.2, 0) is 0 Å². The predicted octanol–water partition coefficient (Wildman–Crippen LogP) is 4.21. The zero-order valence-electron chi connectivity index (χ0n) is 13.5. The van der Waals surface area contributed by atoms with Gasteiger partial charge in [0.2, 0.25) is 0 Å². The Morgan fingerprint density at radius 1 is 1.09 bits per heavy atom. The molecule has 0 aliphatic carbocycles. The van der Waals surface area contributed by atoms with Gasteiger partial charge in [-0.2, -0.15) is 0 Å². The molecule has 0 bridgehead atoms. The van der Waals surface area contributed by atoms with Gasteiger partial charge in [-0.3, -0.25) is 0 Å². The van der Waals surface area contributed by atoms with Crippen molar-refractivity contribution in [1.82, 2.24) is 4.90 Å². The van der Waals surface area contributed by atoms with Gasteiger partial charge in [0.1, 0.15) is 5.82 Å². The number of hydrogen-bond donors (Lipinski definition) is 0. The number of anilines is 1. The SMILES string of the molecule is CN1CC[C@H]2[C@H](C1)c1cccc(Sc3ccc(F)cc3)c1N2C. The van der Waals surface area contributed by atoms with Gasteiger partial charge in [0.05, 0.1) is 5.69 Å². The molecule has 23 heavy (non-hydrogen) atoms. The maximum atomic E-state index is 13.1. The molecular formula is C19H21FN2S. The summed E-state index contributed by atoms with van der Waals surface area (Å²) in [5, 5.41) is 0. The molecule has 2 aromatic rings. The second-order valence-electron chi connectivity index (χ2n) is 6.59. The average molecular weight is 328 g/mol. The smallest absolute Gasteiger partial charge is 0.123 e. The van der Waals surface area contributed by atoms with E-state index in [1.807, 2.05) is 12.1 Å². The number of para-hydroxylation sites is 1. The van der Waals surface area contributed by atoms with E-state index >= 15 is 0 Å². The lowest BCUT2D eigenvalue weighted by molar-refractivity contribution is 0.234. The minimum Gasteiger partial charge on any atom is -0.370 e. The molecular weight excluding hydrogens is 307 g/mol. The first-order valence-electron chi connectivity index (χ1n) is 8.11. The molecule has 0 aromatic heterocycles. The second-order valence-corrected chi connectivity index (χ2v) is 7.70. The van der Waals surface area contributed by atoms with E-state index in [0.717, 1.165) is 11.4 Å². The minimum atomic E-state index is -0.182. The fourth-order valence-electron chi connectivity index (χ4n) is 3.97. The lowest BCUT2D eigenvalue weighted by atomic mass is 9.89. The number of piperidine rings is 1. The van der Waals surface area contributed by atoms with Gasteiger partial charge in [-0.25, -0.2) is 4.39 Å². The van der Waals surface area contributed by atoms with E-state index < -0.39 is 0 Å². The van der Waals surface area contributed by atoms with E-state index in [1.165, 1.54) is 41.2 Å². The summed E-state index contributed by atoms with van der Waals surface area (Å²) in [6.45, 7) is 2.30. The highest BCUT2D eigenvalue weighted by Gasteiger charge is 2.40. The van der Waals surface area contributed by atoms with Crippen molar-refractivity contribution in [1.29, 1.82) is 0 Å². The Bertz CT molecular complexity index is 716. The molecule has 2 heterocycles. The van der Waals surface area contributed by atoms with Gasteiger partial charge in [0.15, 0.2) is 0 Å². The van der Waals surface area contributed by atoms with E-state index in [-0.39, 0.29) is 5.82 Å². The third kappa shape index (κ3) is 2.64. The molecule has 0 unspecified atom stereocenters. The summed E-state index contributed by atoms with van der Waals surface area (Å²) in [5.41, 5.74) is 2.84. The number of rotatable bonds is 2. The monoisotopic (exact) mass is 328 g/mol. The zero-order valence-corrected chi connectivity index (χ0v) is 14.3. The van der Waals surface area contributed by atoms with Crippen LogP contribution in [0.2, 0.25) is 0 Å². The summed E-state index contributed by atoms with van der Waals surface area (Å²) in [7, 11) is 4.44. The molecule has 2 atom stereocenters. The van der Waals surface area contributed by atoms with E-state index in [1.54, 1.807) is 11.8 Å². The Balaban J connectivity index is 1.70. The first kappa shape index (κ1) is 15.0. The van der Waals surface area contributed by atoms with Crippen LogP contribution >= 0.6 is 11.8 Å². The van der Waals surface area contributed by atoms with Crippen LogP contribution in [0, 0.1) is 5.82 Å². The van der Waals surface area contributed by atoms with E-state index in [2.05, 4.69) is 42.1 Å².